The second kappa shape index (κ2) is 10.3. The third-order valence-corrected chi connectivity index (χ3v) is 7.89. The van der Waals surface area contributed by atoms with Crippen LogP contribution in [0.3, 0.4) is 0 Å². The van der Waals surface area contributed by atoms with Crippen molar-refractivity contribution in [3.63, 3.8) is 0 Å². The number of carbonyl (C=O) groups excluding carboxylic acids is 2. The third-order valence-electron chi connectivity index (χ3n) is 7.89. The van der Waals surface area contributed by atoms with E-state index in [1.54, 1.807) is 0 Å². The Morgan fingerprint density at radius 1 is 0.902 bits per heavy atom. The van der Waals surface area contributed by atoms with Crippen molar-refractivity contribution in [1.82, 2.24) is 20.0 Å². The predicted molar refractivity (Wildman–Crippen MR) is 159 cm³/mol. The van der Waals surface area contributed by atoms with Gasteiger partial charge in [-0.3, -0.25) is 9.89 Å². The number of benzene rings is 4. The summed E-state index contributed by atoms with van der Waals surface area (Å²) in [7, 11) is 0. The molecule has 7 rings (SSSR count). The van der Waals surface area contributed by atoms with Gasteiger partial charge in [0.25, 0.3) is 5.91 Å². The number of para-hydroxylation sites is 1. The standard InChI is InChI=1S/C34H27N5O2/c40-33(38-19-18-27(22-38)39-21-26-11-5-7-13-30(26)35-34(39)41)25-15-17-32-29(20-25)31(36-37-32)16-14-24-10-4-6-12-28(24)23-8-2-1-3-9-23/h1-13,15,17,20,27H,18-19,21-22H2,(H,35,41)(H,36,37)/t27-/m1/s1. The topological polar surface area (TPSA) is 81.3 Å². The minimum Gasteiger partial charge on any atom is -0.337 e. The van der Waals surface area contributed by atoms with Crippen molar-refractivity contribution >= 4 is 28.5 Å². The number of aromatic amines is 1. The first-order chi connectivity index (χ1) is 20.1. The Bertz CT molecular complexity index is 1850. The molecule has 7 heteroatoms. The molecule has 0 bridgehead atoms. The van der Waals surface area contributed by atoms with Gasteiger partial charge in [0.2, 0.25) is 0 Å². The van der Waals surface area contributed by atoms with Crippen LogP contribution in [0.15, 0.2) is 97.1 Å². The zero-order chi connectivity index (χ0) is 27.8. The number of urea groups is 1. The Kier molecular flexibility index (Phi) is 6.21. The lowest BCUT2D eigenvalue weighted by atomic mass is 10.00. The van der Waals surface area contributed by atoms with Gasteiger partial charge in [-0.15, -0.1) is 0 Å². The van der Waals surface area contributed by atoms with Crippen LogP contribution in [-0.4, -0.2) is 51.1 Å². The van der Waals surface area contributed by atoms with Gasteiger partial charge in [-0.1, -0.05) is 72.7 Å². The number of amides is 3. The minimum atomic E-state index is -0.111. The van der Waals surface area contributed by atoms with E-state index in [0.717, 1.165) is 45.3 Å². The normalized spacial score (nSPS) is 16.2. The predicted octanol–water partition coefficient (Wildman–Crippen LogP) is 5.89. The largest absolute Gasteiger partial charge is 0.337 e. The van der Waals surface area contributed by atoms with E-state index in [9.17, 15) is 9.59 Å². The molecule has 41 heavy (non-hydrogen) atoms. The number of anilines is 1. The molecule has 5 aromatic rings. The maximum absolute atomic E-state index is 13.6. The number of likely N-dealkylation sites (tertiary alicyclic amines) is 1. The lowest BCUT2D eigenvalue weighted by Crippen LogP contribution is -2.46. The number of fused-ring (bicyclic) bond motifs is 2. The van der Waals surface area contributed by atoms with Gasteiger partial charge in [0.15, 0.2) is 0 Å². The first-order valence-electron chi connectivity index (χ1n) is 13.7. The van der Waals surface area contributed by atoms with E-state index in [1.165, 1.54) is 0 Å². The average Bonchev–Trinajstić information content (AvgIpc) is 3.67. The number of hydrogen-bond donors (Lipinski definition) is 2. The molecule has 1 aromatic heterocycles. The highest BCUT2D eigenvalue weighted by Crippen LogP contribution is 2.28. The quantitative estimate of drug-likeness (QED) is 0.282. The van der Waals surface area contributed by atoms with E-state index in [4.69, 9.17) is 0 Å². The van der Waals surface area contributed by atoms with Crippen molar-refractivity contribution in [1.29, 1.82) is 0 Å². The monoisotopic (exact) mass is 537 g/mol. The van der Waals surface area contributed by atoms with E-state index in [1.807, 2.05) is 88.7 Å². The molecule has 1 saturated heterocycles. The van der Waals surface area contributed by atoms with Gasteiger partial charge in [0.05, 0.1) is 11.6 Å². The fourth-order valence-corrected chi connectivity index (χ4v) is 5.71. The first-order valence-corrected chi connectivity index (χ1v) is 13.7. The summed E-state index contributed by atoms with van der Waals surface area (Å²) < 4.78 is 0. The molecule has 2 N–H and O–H groups in total. The van der Waals surface area contributed by atoms with Crippen molar-refractivity contribution in [3.05, 3.63) is 119 Å². The van der Waals surface area contributed by atoms with E-state index in [-0.39, 0.29) is 18.0 Å². The molecule has 0 saturated carbocycles. The van der Waals surface area contributed by atoms with Crippen LogP contribution < -0.4 is 5.32 Å². The molecule has 3 heterocycles. The fraction of sp³-hybridized carbons (Fsp3) is 0.147. The molecule has 1 fully saturated rings. The minimum absolute atomic E-state index is 0.0314. The van der Waals surface area contributed by atoms with E-state index in [0.29, 0.717) is 30.9 Å². The summed E-state index contributed by atoms with van der Waals surface area (Å²) in [5.41, 5.74) is 7.02. The van der Waals surface area contributed by atoms with E-state index in [2.05, 4.69) is 45.6 Å². The Morgan fingerprint density at radius 3 is 2.61 bits per heavy atom. The van der Waals surface area contributed by atoms with Gasteiger partial charge >= 0.3 is 6.03 Å². The molecule has 0 radical (unpaired) electrons. The van der Waals surface area contributed by atoms with Crippen LogP contribution >= 0.6 is 0 Å². The van der Waals surface area contributed by atoms with Crippen LogP contribution in [-0.2, 0) is 6.54 Å². The Balaban J connectivity index is 1.11. The highest BCUT2D eigenvalue weighted by molar-refractivity contribution is 5.99. The van der Waals surface area contributed by atoms with Gasteiger partial charge < -0.3 is 15.1 Å². The van der Waals surface area contributed by atoms with Gasteiger partial charge in [-0.2, -0.15) is 5.10 Å². The number of nitrogens with zero attached hydrogens (tertiary/aromatic N) is 3. The third kappa shape index (κ3) is 4.70. The second-order valence-electron chi connectivity index (χ2n) is 10.4. The summed E-state index contributed by atoms with van der Waals surface area (Å²) in [6.45, 7) is 1.65. The number of rotatable bonds is 3. The molecule has 0 spiro atoms. The van der Waals surface area contributed by atoms with Crippen LogP contribution in [0.25, 0.3) is 22.0 Å². The first kappa shape index (κ1) is 24.7. The molecule has 0 aliphatic carbocycles. The lowest BCUT2D eigenvalue weighted by Gasteiger charge is -2.33. The maximum atomic E-state index is 13.6. The van der Waals surface area contributed by atoms with Crippen molar-refractivity contribution < 1.29 is 9.59 Å². The van der Waals surface area contributed by atoms with Crippen molar-refractivity contribution in [3.8, 4) is 23.0 Å². The number of H-pyrrole nitrogens is 1. The SMILES string of the molecule is O=C(c1ccc2[nH]nc(C#Cc3ccccc3-c3ccccc3)c2c1)N1CC[C@@H](N2Cc3ccccc3NC2=O)C1. The zero-order valence-electron chi connectivity index (χ0n) is 22.3. The van der Waals surface area contributed by atoms with Crippen molar-refractivity contribution in [2.45, 2.75) is 19.0 Å². The number of aromatic nitrogens is 2. The second-order valence-corrected chi connectivity index (χ2v) is 10.4. The molecule has 7 nitrogen and oxygen atoms in total. The lowest BCUT2D eigenvalue weighted by molar-refractivity contribution is 0.0780. The summed E-state index contributed by atoms with van der Waals surface area (Å²) in [6.07, 6.45) is 0.743. The van der Waals surface area contributed by atoms with E-state index < -0.39 is 0 Å². The molecule has 200 valence electrons. The fourth-order valence-electron chi connectivity index (χ4n) is 5.71. The van der Waals surface area contributed by atoms with Gasteiger partial charge in [-0.05, 0) is 59.4 Å². The van der Waals surface area contributed by atoms with E-state index >= 15 is 0 Å². The number of carbonyl (C=O) groups is 2. The molecule has 2 aliphatic rings. The van der Waals surface area contributed by atoms with Gasteiger partial charge in [-0.25, -0.2) is 4.79 Å². The summed E-state index contributed by atoms with van der Waals surface area (Å²) in [5.74, 6) is 6.46. The molecular weight excluding hydrogens is 510 g/mol. The summed E-state index contributed by atoms with van der Waals surface area (Å²) in [4.78, 5) is 30.0. The molecule has 1 atom stereocenters. The number of nitrogens with one attached hydrogen (secondary N) is 2. The molecule has 2 aliphatic heterocycles. The average molecular weight is 538 g/mol. The highest BCUT2D eigenvalue weighted by atomic mass is 16.2. The van der Waals surface area contributed by atoms with Crippen LogP contribution in [0, 0.1) is 11.8 Å². The maximum Gasteiger partial charge on any atom is 0.322 e. The van der Waals surface area contributed by atoms with Crippen LogP contribution in [0.2, 0.25) is 0 Å². The summed E-state index contributed by atoms with van der Waals surface area (Å²) in [5, 5.41) is 11.3. The molecule has 0 unspecified atom stereocenters. The summed E-state index contributed by atoms with van der Waals surface area (Å²) in [6, 6.07) is 31.5. The summed E-state index contributed by atoms with van der Waals surface area (Å²) >= 11 is 0. The van der Waals surface area contributed by atoms with Crippen LogP contribution in [0.5, 0.6) is 0 Å². The van der Waals surface area contributed by atoms with Crippen molar-refractivity contribution in [2.75, 3.05) is 18.4 Å². The van der Waals surface area contributed by atoms with Crippen LogP contribution in [0.1, 0.15) is 33.6 Å². The van der Waals surface area contributed by atoms with Gasteiger partial charge in [0.1, 0.15) is 5.69 Å². The molecule has 4 aromatic carbocycles. The number of hydrogen-bond acceptors (Lipinski definition) is 3. The Labute approximate surface area is 237 Å². The molecule has 3 amide bonds. The zero-order valence-corrected chi connectivity index (χ0v) is 22.3. The Hall–Kier alpha value is -5.35. The van der Waals surface area contributed by atoms with Gasteiger partial charge in [0, 0.05) is 41.8 Å². The highest BCUT2D eigenvalue weighted by Gasteiger charge is 2.35. The van der Waals surface area contributed by atoms with Crippen molar-refractivity contribution in [2.24, 2.45) is 0 Å². The van der Waals surface area contributed by atoms with Crippen LogP contribution in [0.4, 0.5) is 10.5 Å². The molecular formula is C34H27N5O2. The Morgan fingerprint density at radius 2 is 1.71 bits per heavy atom. The smallest absolute Gasteiger partial charge is 0.322 e.